The quantitative estimate of drug-likeness (QED) is 0.420. The minimum absolute atomic E-state index is 0.163. The molecule has 0 unspecified atom stereocenters. The molecule has 3 rings (SSSR count). The lowest BCUT2D eigenvalue weighted by Crippen LogP contribution is -2.28. The van der Waals surface area contributed by atoms with Gasteiger partial charge < -0.3 is 19.3 Å². The van der Waals surface area contributed by atoms with Crippen molar-refractivity contribution >= 4 is 46.5 Å². The van der Waals surface area contributed by atoms with Crippen molar-refractivity contribution in [1.82, 2.24) is 4.90 Å². The molecule has 0 aromatic heterocycles. The van der Waals surface area contributed by atoms with E-state index in [1.165, 1.54) is 31.0 Å². The predicted octanol–water partition coefficient (Wildman–Crippen LogP) is 3.96. The summed E-state index contributed by atoms with van der Waals surface area (Å²) < 4.78 is 15.7. The highest BCUT2D eigenvalue weighted by molar-refractivity contribution is 8.18. The Bertz CT molecular complexity index is 1140. The summed E-state index contributed by atoms with van der Waals surface area (Å²) in [5.41, 5.74) is 1.43. The Labute approximate surface area is 201 Å². The van der Waals surface area contributed by atoms with E-state index in [1.807, 2.05) is 13.8 Å². The number of esters is 1. The molecule has 2 aromatic rings. The van der Waals surface area contributed by atoms with Gasteiger partial charge in [0, 0.05) is 6.54 Å². The maximum absolute atomic E-state index is 12.9. The number of methoxy groups -OCH3 is 1. The van der Waals surface area contributed by atoms with E-state index in [-0.39, 0.29) is 18.1 Å². The monoisotopic (exact) mass is 484 g/mol. The number of likely N-dealkylation sites (N-methyl/N-ethyl adjacent to an activating group) is 1. The van der Waals surface area contributed by atoms with E-state index in [1.54, 1.807) is 41.3 Å². The maximum atomic E-state index is 12.9. The van der Waals surface area contributed by atoms with Crippen LogP contribution < -0.4 is 9.47 Å². The molecule has 1 saturated heterocycles. The largest absolute Gasteiger partial charge is 0.490 e. The summed E-state index contributed by atoms with van der Waals surface area (Å²) in [6.07, 6.45) is 1.73. The van der Waals surface area contributed by atoms with Crippen LogP contribution in [-0.4, -0.2) is 59.9 Å². The number of amides is 1. The van der Waals surface area contributed by atoms with E-state index in [9.17, 15) is 14.4 Å². The van der Waals surface area contributed by atoms with Gasteiger partial charge in [-0.25, -0.2) is 14.6 Å². The van der Waals surface area contributed by atoms with Crippen LogP contribution in [0.2, 0.25) is 0 Å². The van der Waals surface area contributed by atoms with Crippen LogP contribution in [0.5, 0.6) is 11.5 Å². The second kappa shape index (κ2) is 11.4. The smallest absolute Gasteiger partial charge is 0.343 e. The number of carbonyl (C=O) groups excluding carboxylic acids is 2. The molecule has 0 bridgehead atoms. The Balaban J connectivity index is 1.85. The predicted molar refractivity (Wildman–Crippen MR) is 129 cm³/mol. The van der Waals surface area contributed by atoms with Gasteiger partial charge in [0.15, 0.2) is 23.3 Å². The third-order valence-electron chi connectivity index (χ3n) is 4.68. The van der Waals surface area contributed by atoms with Crippen LogP contribution in [0.1, 0.15) is 29.8 Å². The lowest BCUT2D eigenvalue weighted by Gasteiger charge is -2.12. The van der Waals surface area contributed by atoms with Gasteiger partial charge in [-0.05, 0) is 73.6 Å². The van der Waals surface area contributed by atoms with Gasteiger partial charge >= 0.3 is 11.9 Å². The molecule has 0 radical (unpaired) electrons. The Hall–Kier alpha value is -3.79. The molecule has 1 fully saturated rings. The first-order valence-electron chi connectivity index (χ1n) is 10.5. The van der Waals surface area contributed by atoms with Gasteiger partial charge in [-0.3, -0.25) is 9.69 Å². The number of nitrogens with zero attached hydrogens (tertiary/aromatic N) is 2. The average Bonchev–Trinajstić information content (AvgIpc) is 3.12. The topological polar surface area (TPSA) is 115 Å². The molecule has 1 aliphatic heterocycles. The van der Waals surface area contributed by atoms with Crippen LogP contribution >= 0.6 is 11.8 Å². The van der Waals surface area contributed by atoms with Crippen LogP contribution in [0.4, 0.5) is 5.69 Å². The fourth-order valence-electron chi connectivity index (χ4n) is 3.01. The molecule has 9 nitrogen and oxygen atoms in total. The van der Waals surface area contributed by atoms with E-state index >= 15 is 0 Å². The molecule has 1 heterocycles. The standard InChI is InChI=1S/C24H24N2O7S/c1-4-26-22(28)20(34-24(26)25-17-9-7-16(8-10-17)23(29)30)13-15-6-11-18(19(12-15)32-5-2)33-14-21(27)31-3/h6-13H,4-5,14H2,1-3H3,(H,29,30)/b20-13+,25-24?. The number of amidine groups is 1. The second-order valence-electron chi connectivity index (χ2n) is 6.91. The summed E-state index contributed by atoms with van der Waals surface area (Å²) in [4.78, 5) is 41.9. The first-order valence-corrected chi connectivity index (χ1v) is 11.3. The lowest BCUT2D eigenvalue weighted by atomic mass is 10.2. The number of thioether (sulfide) groups is 1. The molecule has 2 aromatic carbocycles. The minimum atomic E-state index is -1.02. The second-order valence-corrected chi connectivity index (χ2v) is 7.92. The van der Waals surface area contributed by atoms with Gasteiger partial charge in [-0.2, -0.15) is 0 Å². The molecule has 34 heavy (non-hydrogen) atoms. The van der Waals surface area contributed by atoms with Gasteiger partial charge in [-0.15, -0.1) is 0 Å². The number of ether oxygens (including phenoxy) is 3. The average molecular weight is 485 g/mol. The molecule has 0 saturated carbocycles. The number of rotatable bonds is 9. The lowest BCUT2D eigenvalue weighted by molar-refractivity contribution is -0.142. The zero-order valence-corrected chi connectivity index (χ0v) is 19.8. The summed E-state index contributed by atoms with van der Waals surface area (Å²) in [6, 6.07) is 11.3. The van der Waals surface area contributed by atoms with Crippen molar-refractivity contribution < 1.29 is 33.7 Å². The number of carboxylic acids is 1. The van der Waals surface area contributed by atoms with E-state index < -0.39 is 11.9 Å². The minimum Gasteiger partial charge on any atom is -0.490 e. The Morgan fingerprint density at radius 1 is 1.09 bits per heavy atom. The van der Waals surface area contributed by atoms with Gasteiger partial charge in [-0.1, -0.05) is 6.07 Å². The third-order valence-corrected chi connectivity index (χ3v) is 5.69. The molecule has 1 N–H and O–H groups in total. The number of aromatic carboxylic acids is 1. The first-order chi connectivity index (χ1) is 16.4. The molecule has 1 aliphatic rings. The third kappa shape index (κ3) is 5.96. The summed E-state index contributed by atoms with van der Waals surface area (Å²) in [5.74, 6) is -0.876. The van der Waals surface area contributed by atoms with Crippen LogP contribution in [0.15, 0.2) is 52.4 Å². The fourth-order valence-corrected chi connectivity index (χ4v) is 4.07. The van der Waals surface area contributed by atoms with Gasteiger partial charge in [0.25, 0.3) is 5.91 Å². The molecule has 0 aliphatic carbocycles. The van der Waals surface area contributed by atoms with Gasteiger partial charge in [0.2, 0.25) is 0 Å². The Morgan fingerprint density at radius 2 is 1.82 bits per heavy atom. The van der Waals surface area contributed by atoms with Crippen molar-refractivity contribution in [3.63, 3.8) is 0 Å². The van der Waals surface area contributed by atoms with Crippen LogP contribution in [0.25, 0.3) is 6.08 Å². The van der Waals surface area contributed by atoms with Crippen molar-refractivity contribution in [3.8, 4) is 11.5 Å². The number of carbonyl (C=O) groups is 3. The van der Waals surface area contributed by atoms with Crippen LogP contribution in [0.3, 0.4) is 0 Å². The molecule has 0 atom stereocenters. The number of carboxylic acid groups (broad SMARTS) is 1. The summed E-state index contributed by atoms with van der Waals surface area (Å²) in [6.45, 7) is 4.26. The first kappa shape index (κ1) is 24.8. The summed E-state index contributed by atoms with van der Waals surface area (Å²) in [7, 11) is 1.28. The highest BCUT2D eigenvalue weighted by Crippen LogP contribution is 2.36. The fraction of sp³-hybridized carbons (Fsp3) is 0.250. The van der Waals surface area contributed by atoms with E-state index in [0.717, 1.165) is 0 Å². The van der Waals surface area contributed by atoms with Crippen molar-refractivity contribution in [3.05, 3.63) is 58.5 Å². The van der Waals surface area contributed by atoms with Crippen molar-refractivity contribution in [2.24, 2.45) is 4.99 Å². The number of aliphatic imine (C=N–C) groups is 1. The van der Waals surface area contributed by atoms with Crippen molar-refractivity contribution in [1.29, 1.82) is 0 Å². The highest BCUT2D eigenvalue weighted by Gasteiger charge is 2.32. The molecule has 1 amide bonds. The highest BCUT2D eigenvalue weighted by atomic mass is 32.2. The number of benzene rings is 2. The van der Waals surface area contributed by atoms with E-state index in [2.05, 4.69) is 9.73 Å². The van der Waals surface area contributed by atoms with Gasteiger partial charge in [0.1, 0.15) is 0 Å². The number of hydrogen-bond donors (Lipinski definition) is 1. The zero-order valence-electron chi connectivity index (χ0n) is 18.9. The molecule has 0 spiro atoms. The Morgan fingerprint density at radius 3 is 2.44 bits per heavy atom. The maximum Gasteiger partial charge on any atom is 0.343 e. The van der Waals surface area contributed by atoms with Gasteiger partial charge in [0.05, 0.1) is 29.9 Å². The van der Waals surface area contributed by atoms with Crippen LogP contribution in [0, 0.1) is 0 Å². The summed E-state index contributed by atoms with van der Waals surface area (Å²) >= 11 is 1.23. The normalized spacial score (nSPS) is 15.6. The Kier molecular flexibility index (Phi) is 8.31. The zero-order chi connectivity index (χ0) is 24.7. The molecular weight excluding hydrogens is 460 g/mol. The van der Waals surface area contributed by atoms with E-state index in [4.69, 9.17) is 14.6 Å². The van der Waals surface area contributed by atoms with Crippen molar-refractivity contribution in [2.75, 3.05) is 26.9 Å². The summed E-state index contributed by atoms with van der Waals surface area (Å²) in [5, 5.41) is 9.55. The van der Waals surface area contributed by atoms with Crippen LogP contribution in [-0.2, 0) is 14.3 Å². The molecular formula is C24H24N2O7S. The van der Waals surface area contributed by atoms with E-state index in [0.29, 0.717) is 46.0 Å². The van der Waals surface area contributed by atoms with Crippen molar-refractivity contribution in [2.45, 2.75) is 13.8 Å². The number of hydrogen-bond acceptors (Lipinski definition) is 8. The molecule has 10 heteroatoms. The molecule has 178 valence electrons. The SMILES string of the molecule is CCOc1cc(/C=C2/SC(=Nc3ccc(C(=O)O)cc3)N(CC)C2=O)ccc1OCC(=O)OC.